The predicted octanol–water partition coefficient (Wildman–Crippen LogP) is 1.07. The molecule has 0 aliphatic carbocycles. The van der Waals surface area contributed by atoms with Crippen molar-refractivity contribution in [3.05, 3.63) is 24.5 Å². The van der Waals surface area contributed by atoms with Gasteiger partial charge in [-0.3, -0.25) is 4.57 Å². The monoisotopic (exact) mass is 454 g/mol. The Labute approximate surface area is 192 Å². The summed E-state index contributed by atoms with van der Waals surface area (Å²) < 4.78 is 9.20. The Bertz CT molecular complexity index is 1130. The first kappa shape index (κ1) is 23.0. The normalized spacial score (nSPS) is 22.7. The Morgan fingerprint density at radius 2 is 1.97 bits per heavy atom. The lowest BCUT2D eigenvalue weighted by molar-refractivity contribution is -0.0230. The van der Waals surface area contributed by atoms with E-state index in [0.717, 1.165) is 18.5 Å². The van der Waals surface area contributed by atoms with E-state index in [1.165, 1.54) is 6.33 Å². The van der Waals surface area contributed by atoms with Gasteiger partial charge in [-0.1, -0.05) is 19.8 Å². The second-order valence-electron chi connectivity index (χ2n) is 8.18. The van der Waals surface area contributed by atoms with Gasteiger partial charge in [-0.2, -0.15) is 9.97 Å². The van der Waals surface area contributed by atoms with E-state index in [1.807, 2.05) is 17.8 Å². The number of aromatic nitrogens is 6. The molecule has 0 radical (unpaired) electrons. The maximum atomic E-state index is 10.5. The molecule has 4 atom stereocenters. The summed E-state index contributed by atoms with van der Waals surface area (Å²) in [6.07, 6.45) is 8.99. The quantitative estimate of drug-likeness (QED) is 0.350. The number of hydrogen-bond acceptors (Lipinski definition) is 9. The summed E-state index contributed by atoms with van der Waals surface area (Å²) in [5.74, 6) is 3.37. The van der Waals surface area contributed by atoms with Crippen LogP contribution in [0.5, 0.6) is 0 Å². The highest BCUT2D eigenvalue weighted by Gasteiger charge is 2.43. The van der Waals surface area contributed by atoms with Gasteiger partial charge in [0.25, 0.3) is 0 Å². The topological polar surface area (TPSA) is 135 Å². The fourth-order valence-electron chi connectivity index (χ4n) is 3.89. The van der Waals surface area contributed by atoms with Gasteiger partial charge in [0.15, 0.2) is 23.2 Å². The zero-order valence-corrected chi connectivity index (χ0v) is 19.0. The highest BCUT2D eigenvalue weighted by Crippen LogP contribution is 2.33. The highest BCUT2D eigenvalue weighted by atomic mass is 16.6. The largest absolute Gasteiger partial charge is 0.386 e. The number of aliphatic hydroxyl groups is 2. The number of nitrogens with zero attached hydrogens (tertiary/aromatic N) is 6. The molecule has 1 saturated heterocycles. The number of aryl methyl sites for hydroxylation is 1. The Kier molecular flexibility index (Phi) is 6.78. The second kappa shape index (κ2) is 9.74. The van der Waals surface area contributed by atoms with Crippen molar-refractivity contribution in [3.63, 3.8) is 0 Å². The third-order valence-corrected chi connectivity index (χ3v) is 5.85. The van der Waals surface area contributed by atoms with Crippen molar-refractivity contribution in [2.24, 2.45) is 7.05 Å². The third-order valence-electron chi connectivity index (χ3n) is 5.85. The van der Waals surface area contributed by atoms with Gasteiger partial charge >= 0.3 is 0 Å². The van der Waals surface area contributed by atoms with Crippen LogP contribution in [-0.4, -0.2) is 70.2 Å². The van der Waals surface area contributed by atoms with E-state index < -0.39 is 24.5 Å². The number of nitrogens with one attached hydrogen (secondary N) is 2. The molecule has 0 aromatic carbocycles. The minimum atomic E-state index is -1.21. The van der Waals surface area contributed by atoms with Crippen LogP contribution in [0.3, 0.4) is 0 Å². The van der Waals surface area contributed by atoms with E-state index in [0.29, 0.717) is 35.9 Å². The van der Waals surface area contributed by atoms with Gasteiger partial charge in [0, 0.05) is 32.3 Å². The molecular formula is C22H30N8O3. The Morgan fingerprint density at radius 3 is 2.61 bits per heavy atom. The molecule has 1 aliphatic heterocycles. The van der Waals surface area contributed by atoms with Crippen LogP contribution in [0.15, 0.2) is 18.9 Å². The van der Waals surface area contributed by atoms with Crippen LogP contribution in [0.1, 0.15) is 38.6 Å². The molecule has 4 heterocycles. The van der Waals surface area contributed by atoms with Crippen LogP contribution >= 0.6 is 0 Å². The average Bonchev–Trinajstić information content (AvgIpc) is 3.50. The molecule has 3 aromatic rings. The van der Waals surface area contributed by atoms with E-state index in [2.05, 4.69) is 50.3 Å². The van der Waals surface area contributed by atoms with Crippen LogP contribution in [0.4, 0.5) is 11.8 Å². The number of anilines is 2. The minimum Gasteiger partial charge on any atom is -0.386 e. The fraction of sp³-hybridized carbons (Fsp3) is 0.545. The van der Waals surface area contributed by atoms with Crippen molar-refractivity contribution in [1.29, 1.82) is 0 Å². The van der Waals surface area contributed by atoms with Crippen LogP contribution < -0.4 is 10.6 Å². The summed E-state index contributed by atoms with van der Waals surface area (Å²) in [6.45, 7) is 4.80. The standard InChI is InChI=1S/C22H30N8O3/c1-5-13(6-2)26-19-16-20(28-22(27-19)23-9-8-14-10-29(4)11-24-14)30(12-25-16)21-18(32)17(31)15(7-3)33-21/h3,10-13,15,17-18,21,31-32H,5-6,8-9H2,1-2,4H3,(H2,23,26,27,28)/t15-,17-,18-,21-/m1/s1. The Balaban J connectivity index is 1.65. The Hall–Kier alpha value is -3.20. The van der Waals surface area contributed by atoms with Gasteiger partial charge < -0.3 is 30.2 Å². The molecule has 4 N–H and O–H groups in total. The lowest BCUT2D eigenvalue weighted by atomic mass is 10.1. The van der Waals surface area contributed by atoms with Gasteiger partial charge in [0.05, 0.1) is 18.3 Å². The zero-order valence-electron chi connectivity index (χ0n) is 19.0. The first-order valence-corrected chi connectivity index (χ1v) is 11.1. The van der Waals surface area contributed by atoms with E-state index in [1.54, 1.807) is 10.9 Å². The first-order valence-electron chi connectivity index (χ1n) is 11.1. The summed E-state index contributed by atoms with van der Waals surface area (Å²) >= 11 is 0. The molecule has 11 heteroatoms. The fourth-order valence-corrected chi connectivity index (χ4v) is 3.89. The number of fused-ring (bicyclic) bond motifs is 1. The highest BCUT2D eigenvalue weighted by molar-refractivity contribution is 5.84. The van der Waals surface area contributed by atoms with Crippen molar-refractivity contribution < 1.29 is 14.9 Å². The van der Waals surface area contributed by atoms with Gasteiger partial charge in [0.2, 0.25) is 5.95 Å². The lowest BCUT2D eigenvalue weighted by Gasteiger charge is -2.18. The summed E-state index contributed by atoms with van der Waals surface area (Å²) in [5.41, 5.74) is 1.97. The molecule has 1 fully saturated rings. The molecule has 11 nitrogen and oxygen atoms in total. The van der Waals surface area contributed by atoms with E-state index in [9.17, 15) is 10.2 Å². The van der Waals surface area contributed by atoms with E-state index >= 15 is 0 Å². The van der Waals surface area contributed by atoms with Gasteiger partial charge in [0.1, 0.15) is 18.3 Å². The maximum absolute atomic E-state index is 10.5. The van der Waals surface area contributed by atoms with Crippen LogP contribution in [0, 0.1) is 12.3 Å². The van der Waals surface area contributed by atoms with Crippen molar-refractivity contribution >= 4 is 22.9 Å². The summed E-state index contributed by atoms with van der Waals surface area (Å²) in [7, 11) is 1.93. The van der Waals surface area contributed by atoms with Crippen molar-refractivity contribution in [1.82, 2.24) is 29.1 Å². The minimum absolute atomic E-state index is 0.218. The van der Waals surface area contributed by atoms with E-state index in [4.69, 9.17) is 11.2 Å². The Morgan fingerprint density at radius 1 is 1.18 bits per heavy atom. The molecule has 0 saturated carbocycles. The van der Waals surface area contributed by atoms with E-state index in [-0.39, 0.29) is 6.04 Å². The molecular weight excluding hydrogens is 424 g/mol. The summed E-state index contributed by atoms with van der Waals surface area (Å²) in [4.78, 5) is 18.1. The molecule has 0 bridgehead atoms. The van der Waals surface area contributed by atoms with Crippen LogP contribution in [0.25, 0.3) is 11.2 Å². The first-order chi connectivity index (χ1) is 15.9. The number of rotatable bonds is 9. The molecule has 4 rings (SSSR count). The molecule has 0 unspecified atom stereocenters. The lowest BCUT2D eigenvalue weighted by Crippen LogP contribution is -2.30. The van der Waals surface area contributed by atoms with Gasteiger partial charge in [-0.25, -0.2) is 9.97 Å². The van der Waals surface area contributed by atoms with Crippen LogP contribution in [-0.2, 0) is 18.2 Å². The predicted molar refractivity (Wildman–Crippen MR) is 123 cm³/mol. The second-order valence-corrected chi connectivity index (χ2v) is 8.18. The molecule has 3 aromatic heterocycles. The molecule has 33 heavy (non-hydrogen) atoms. The number of terminal acetylenes is 1. The van der Waals surface area contributed by atoms with Crippen molar-refractivity contribution in [3.8, 4) is 12.3 Å². The van der Waals surface area contributed by atoms with Crippen molar-refractivity contribution in [2.45, 2.75) is 63.7 Å². The summed E-state index contributed by atoms with van der Waals surface area (Å²) in [6, 6.07) is 0.218. The summed E-state index contributed by atoms with van der Waals surface area (Å²) in [5, 5.41) is 27.4. The number of hydrogen-bond donors (Lipinski definition) is 4. The van der Waals surface area contributed by atoms with Gasteiger partial charge in [-0.05, 0) is 12.8 Å². The molecule has 0 amide bonds. The van der Waals surface area contributed by atoms with Crippen molar-refractivity contribution in [2.75, 3.05) is 17.2 Å². The maximum Gasteiger partial charge on any atom is 0.226 e. The number of aliphatic hydroxyl groups excluding tert-OH is 2. The number of imidazole rings is 2. The molecule has 176 valence electrons. The third kappa shape index (κ3) is 4.64. The van der Waals surface area contributed by atoms with Gasteiger partial charge in [-0.15, -0.1) is 6.42 Å². The molecule has 0 spiro atoms. The molecule has 1 aliphatic rings. The SMILES string of the molecule is C#C[C@H]1O[C@@H](n2cnc3c(NC(CC)CC)nc(NCCc4cn(C)cn4)nc32)[C@H](O)[C@@H]1O. The average molecular weight is 455 g/mol. The zero-order chi connectivity index (χ0) is 23.5. The van der Waals surface area contributed by atoms with Crippen LogP contribution in [0.2, 0.25) is 0 Å². The smallest absolute Gasteiger partial charge is 0.226 e. The number of ether oxygens (including phenoxy) is 1.